The maximum Gasteiger partial charge on any atom is 0.0235 e. The summed E-state index contributed by atoms with van der Waals surface area (Å²) < 4.78 is 0. The molecule has 1 heterocycles. The molecule has 18 heavy (non-hydrogen) atoms. The van der Waals surface area contributed by atoms with Gasteiger partial charge in [-0.2, -0.15) is 0 Å². The molecule has 0 aromatic rings. The van der Waals surface area contributed by atoms with Crippen molar-refractivity contribution in [3.63, 3.8) is 0 Å². The largest absolute Gasteiger partial charge is 0.315 e. The second-order valence-electron chi connectivity index (χ2n) is 6.71. The van der Waals surface area contributed by atoms with Gasteiger partial charge in [0.15, 0.2) is 0 Å². The molecule has 106 valence electrons. The number of nitrogens with zero attached hydrogens (tertiary/aromatic N) is 1. The van der Waals surface area contributed by atoms with Crippen LogP contribution in [-0.4, -0.2) is 36.6 Å². The van der Waals surface area contributed by atoms with E-state index in [9.17, 15) is 0 Å². The maximum absolute atomic E-state index is 3.54. The highest BCUT2D eigenvalue weighted by Gasteiger charge is 2.32. The Hall–Kier alpha value is -0.0800. The van der Waals surface area contributed by atoms with Crippen LogP contribution in [0.4, 0.5) is 0 Å². The molecule has 0 spiro atoms. The van der Waals surface area contributed by atoms with Gasteiger partial charge >= 0.3 is 0 Å². The standard InChI is InChI=1S/C16H32N2/c1-4-10-18(16-8-9-17-12-16)15-7-5-6-14(11-15)13(2)3/h13-17H,4-12H2,1-3H3. The van der Waals surface area contributed by atoms with Crippen molar-refractivity contribution in [3.8, 4) is 0 Å². The fourth-order valence-corrected chi connectivity index (χ4v) is 3.95. The highest BCUT2D eigenvalue weighted by Crippen LogP contribution is 2.33. The topological polar surface area (TPSA) is 15.3 Å². The van der Waals surface area contributed by atoms with Crippen LogP contribution >= 0.6 is 0 Å². The lowest BCUT2D eigenvalue weighted by atomic mass is 9.78. The van der Waals surface area contributed by atoms with Gasteiger partial charge in [-0.1, -0.05) is 33.6 Å². The Morgan fingerprint density at radius 3 is 2.61 bits per heavy atom. The lowest BCUT2D eigenvalue weighted by Gasteiger charge is -2.41. The first-order valence-electron chi connectivity index (χ1n) is 8.18. The van der Waals surface area contributed by atoms with Crippen LogP contribution in [-0.2, 0) is 0 Å². The molecule has 1 saturated carbocycles. The van der Waals surface area contributed by atoms with Gasteiger partial charge in [0.2, 0.25) is 0 Å². The third kappa shape index (κ3) is 3.48. The minimum absolute atomic E-state index is 0.820. The van der Waals surface area contributed by atoms with Crippen LogP contribution in [0.1, 0.15) is 59.3 Å². The van der Waals surface area contributed by atoms with E-state index >= 15 is 0 Å². The molecule has 3 unspecified atom stereocenters. The van der Waals surface area contributed by atoms with E-state index in [-0.39, 0.29) is 0 Å². The molecule has 1 aliphatic carbocycles. The molecule has 2 nitrogen and oxygen atoms in total. The van der Waals surface area contributed by atoms with Gasteiger partial charge in [0.05, 0.1) is 0 Å². The molecule has 1 N–H and O–H groups in total. The Kier molecular flexibility index (Phi) is 5.50. The summed E-state index contributed by atoms with van der Waals surface area (Å²) in [6.07, 6.45) is 8.49. The van der Waals surface area contributed by atoms with E-state index < -0.39 is 0 Å². The van der Waals surface area contributed by atoms with E-state index in [0.717, 1.165) is 23.9 Å². The van der Waals surface area contributed by atoms with Crippen molar-refractivity contribution in [2.45, 2.75) is 71.4 Å². The normalized spacial score (nSPS) is 33.5. The zero-order valence-electron chi connectivity index (χ0n) is 12.6. The van der Waals surface area contributed by atoms with Crippen molar-refractivity contribution in [2.75, 3.05) is 19.6 Å². The molecule has 2 heteroatoms. The van der Waals surface area contributed by atoms with E-state index in [1.54, 1.807) is 0 Å². The highest BCUT2D eigenvalue weighted by atomic mass is 15.2. The SMILES string of the molecule is CCCN(C1CCNC1)C1CCCC(C(C)C)C1. The number of hydrogen-bond donors (Lipinski definition) is 1. The quantitative estimate of drug-likeness (QED) is 0.808. The molecule has 1 aliphatic heterocycles. The molecule has 1 saturated heterocycles. The smallest absolute Gasteiger partial charge is 0.0235 e. The summed E-state index contributed by atoms with van der Waals surface area (Å²) in [4.78, 5) is 2.86. The van der Waals surface area contributed by atoms with E-state index in [0.29, 0.717) is 0 Å². The average Bonchev–Trinajstić information content (AvgIpc) is 2.89. The zero-order chi connectivity index (χ0) is 13.0. The highest BCUT2D eigenvalue weighted by molar-refractivity contribution is 4.88. The summed E-state index contributed by atoms with van der Waals surface area (Å²) in [6.45, 7) is 10.9. The number of hydrogen-bond acceptors (Lipinski definition) is 2. The third-order valence-corrected chi connectivity index (χ3v) is 5.08. The second-order valence-corrected chi connectivity index (χ2v) is 6.71. The number of rotatable bonds is 5. The summed E-state index contributed by atoms with van der Waals surface area (Å²) in [5.41, 5.74) is 0. The van der Waals surface area contributed by atoms with Crippen molar-refractivity contribution in [1.82, 2.24) is 10.2 Å². The first-order chi connectivity index (χ1) is 8.72. The van der Waals surface area contributed by atoms with E-state index in [1.807, 2.05) is 0 Å². The van der Waals surface area contributed by atoms with Crippen molar-refractivity contribution in [1.29, 1.82) is 0 Å². The lowest BCUT2D eigenvalue weighted by Crippen LogP contribution is -2.47. The van der Waals surface area contributed by atoms with Crippen LogP contribution in [0, 0.1) is 11.8 Å². The van der Waals surface area contributed by atoms with Crippen LogP contribution in [0.5, 0.6) is 0 Å². The van der Waals surface area contributed by atoms with Gasteiger partial charge < -0.3 is 5.32 Å². The molecular weight excluding hydrogens is 220 g/mol. The maximum atomic E-state index is 3.54. The minimum atomic E-state index is 0.820. The summed E-state index contributed by atoms with van der Waals surface area (Å²) in [5.74, 6) is 1.84. The van der Waals surface area contributed by atoms with Crippen LogP contribution in [0.25, 0.3) is 0 Å². The third-order valence-electron chi connectivity index (χ3n) is 5.08. The van der Waals surface area contributed by atoms with Gasteiger partial charge in [-0.15, -0.1) is 0 Å². The van der Waals surface area contributed by atoms with Crippen LogP contribution in [0.15, 0.2) is 0 Å². The Labute approximate surface area is 114 Å². The average molecular weight is 252 g/mol. The monoisotopic (exact) mass is 252 g/mol. The summed E-state index contributed by atoms with van der Waals surface area (Å²) in [5, 5.41) is 3.54. The van der Waals surface area contributed by atoms with Crippen molar-refractivity contribution in [3.05, 3.63) is 0 Å². The van der Waals surface area contributed by atoms with Gasteiger partial charge in [0.1, 0.15) is 0 Å². The van der Waals surface area contributed by atoms with Crippen LogP contribution < -0.4 is 5.32 Å². The predicted molar refractivity (Wildman–Crippen MR) is 78.9 cm³/mol. The molecule has 2 fully saturated rings. The van der Waals surface area contributed by atoms with Gasteiger partial charge in [-0.25, -0.2) is 0 Å². The molecule has 0 aromatic carbocycles. The fraction of sp³-hybridized carbons (Fsp3) is 1.00. The Morgan fingerprint density at radius 1 is 1.17 bits per heavy atom. The van der Waals surface area contributed by atoms with Gasteiger partial charge in [0.25, 0.3) is 0 Å². The van der Waals surface area contributed by atoms with E-state index in [2.05, 4.69) is 31.0 Å². The van der Waals surface area contributed by atoms with Crippen molar-refractivity contribution < 1.29 is 0 Å². The minimum Gasteiger partial charge on any atom is -0.315 e. The molecular formula is C16H32N2. The molecule has 2 rings (SSSR count). The number of nitrogens with one attached hydrogen (secondary N) is 1. The molecule has 0 amide bonds. The summed E-state index contributed by atoms with van der Waals surface area (Å²) >= 11 is 0. The molecule has 2 aliphatic rings. The predicted octanol–water partition coefficient (Wildman–Crippen LogP) is 3.28. The Morgan fingerprint density at radius 2 is 2.00 bits per heavy atom. The molecule has 3 atom stereocenters. The van der Waals surface area contributed by atoms with Gasteiger partial charge in [0, 0.05) is 18.6 Å². The first kappa shape index (κ1) is 14.3. The van der Waals surface area contributed by atoms with Crippen molar-refractivity contribution >= 4 is 0 Å². The van der Waals surface area contributed by atoms with Crippen molar-refractivity contribution in [2.24, 2.45) is 11.8 Å². The fourth-order valence-electron chi connectivity index (χ4n) is 3.95. The van der Waals surface area contributed by atoms with Gasteiger partial charge in [-0.3, -0.25) is 4.90 Å². The Bertz CT molecular complexity index is 233. The lowest BCUT2D eigenvalue weighted by molar-refractivity contribution is 0.0812. The molecule has 0 radical (unpaired) electrons. The second kappa shape index (κ2) is 6.91. The van der Waals surface area contributed by atoms with Crippen LogP contribution in [0.3, 0.4) is 0 Å². The van der Waals surface area contributed by atoms with Gasteiger partial charge in [-0.05, 0) is 50.6 Å². The molecule has 0 aromatic heterocycles. The Balaban J connectivity index is 1.96. The summed E-state index contributed by atoms with van der Waals surface area (Å²) in [6, 6.07) is 1.69. The summed E-state index contributed by atoms with van der Waals surface area (Å²) in [7, 11) is 0. The van der Waals surface area contributed by atoms with E-state index in [4.69, 9.17) is 0 Å². The zero-order valence-corrected chi connectivity index (χ0v) is 12.6. The first-order valence-corrected chi connectivity index (χ1v) is 8.18. The van der Waals surface area contributed by atoms with E-state index in [1.165, 1.54) is 58.2 Å². The molecule has 0 bridgehead atoms. The van der Waals surface area contributed by atoms with Crippen LogP contribution in [0.2, 0.25) is 0 Å².